The molecule has 1 aliphatic heterocycles. The normalized spacial score (nSPS) is 21.1. The van der Waals surface area contributed by atoms with Crippen LogP contribution in [0.25, 0.3) is 0 Å². The number of anilines is 1. The van der Waals surface area contributed by atoms with Crippen LogP contribution in [0.1, 0.15) is 29.5 Å². The number of benzene rings is 2. The molecule has 1 unspecified atom stereocenters. The van der Waals surface area contributed by atoms with Gasteiger partial charge in [0.1, 0.15) is 0 Å². The van der Waals surface area contributed by atoms with E-state index in [4.69, 9.17) is 0 Å². The molecule has 0 saturated heterocycles. The van der Waals surface area contributed by atoms with E-state index in [1.807, 2.05) is 6.07 Å². The predicted octanol–water partition coefficient (Wildman–Crippen LogP) is 3.61. The Labute approximate surface area is 207 Å². The molecule has 198 valence electrons. The van der Waals surface area contributed by atoms with Gasteiger partial charge in [-0.1, -0.05) is 36.4 Å². The number of carbonyl (C=O) groups is 1. The van der Waals surface area contributed by atoms with Gasteiger partial charge in [-0.15, -0.1) is 0 Å². The van der Waals surface area contributed by atoms with Gasteiger partial charge < -0.3 is 10.4 Å². The van der Waals surface area contributed by atoms with Gasteiger partial charge in [-0.05, 0) is 30.5 Å². The van der Waals surface area contributed by atoms with Crippen molar-refractivity contribution < 1.29 is 44.7 Å². The van der Waals surface area contributed by atoms with E-state index < -0.39 is 55.3 Å². The fraction of sp³-hybridized carbons (Fsp3) is 0.391. The van der Waals surface area contributed by atoms with Crippen molar-refractivity contribution in [1.82, 2.24) is 5.32 Å². The van der Waals surface area contributed by atoms with Crippen molar-refractivity contribution in [3.05, 3.63) is 65.2 Å². The number of rotatable bonds is 6. The van der Waals surface area contributed by atoms with E-state index in [-0.39, 0.29) is 17.8 Å². The number of nitrogens with one attached hydrogen (secondary N) is 2. The number of amides is 1. The van der Waals surface area contributed by atoms with Crippen molar-refractivity contribution in [1.29, 1.82) is 5.26 Å². The first-order valence-corrected chi connectivity index (χ1v) is 12.4. The monoisotopic (exact) mass is 547 g/mol. The van der Waals surface area contributed by atoms with Crippen LogP contribution in [-0.4, -0.2) is 37.5 Å². The average Bonchev–Trinajstić information content (AvgIpc) is 3.45. The lowest BCUT2D eigenvalue weighted by Crippen LogP contribution is -2.55. The fourth-order valence-corrected chi connectivity index (χ4v) is 6.82. The summed E-state index contributed by atoms with van der Waals surface area (Å²) in [6.07, 6.45) is -11.5. The van der Waals surface area contributed by atoms with Crippen molar-refractivity contribution in [3.63, 3.8) is 0 Å². The number of nitriles is 1. The first-order chi connectivity index (χ1) is 17.0. The summed E-state index contributed by atoms with van der Waals surface area (Å²) in [5.41, 5.74) is -7.58. The highest BCUT2D eigenvalue weighted by Crippen LogP contribution is 2.51. The molecule has 0 aromatic heterocycles. The Kier molecular flexibility index (Phi) is 6.13. The Morgan fingerprint density at radius 3 is 2.11 bits per heavy atom. The van der Waals surface area contributed by atoms with Crippen LogP contribution in [-0.2, 0) is 31.6 Å². The molecular weight excluding hydrogens is 528 g/mol. The Balaban J connectivity index is 1.71. The molecule has 4 rings (SSSR count). The van der Waals surface area contributed by atoms with Crippen LogP contribution in [0.2, 0.25) is 0 Å². The van der Waals surface area contributed by atoms with Crippen molar-refractivity contribution in [2.24, 2.45) is 5.41 Å². The minimum Gasteiger partial charge on any atom is -0.369 e. The standard InChI is InChI=1S/C23H19F6N3O4S/c24-22(25,26)21(34,23(27,28)29)15-5-7-16(8-6-15)32-18(33)20(17-4-2-1-3-14(17)11-31-20)37(35,36)13-19(12-30)9-10-19/h1-8,31,34H,9-11,13H2,(H,32,33). The van der Waals surface area contributed by atoms with Crippen LogP contribution in [0, 0.1) is 16.7 Å². The number of hydrogen-bond donors (Lipinski definition) is 3. The Morgan fingerprint density at radius 2 is 1.59 bits per heavy atom. The summed E-state index contributed by atoms with van der Waals surface area (Å²) in [5, 5.41) is 23.9. The zero-order valence-electron chi connectivity index (χ0n) is 18.7. The second-order valence-corrected chi connectivity index (χ2v) is 11.2. The molecule has 7 nitrogen and oxygen atoms in total. The minimum atomic E-state index is -6.09. The fourth-order valence-electron chi connectivity index (χ4n) is 4.37. The number of fused-ring (bicyclic) bond motifs is 1. The summed E-state index contributed by atoms with van der Waals surface area (Å²) in [6.45, 7) is -0.0223. The smallest absolute Gasteiger partial charge is 0.369 e. The number of alkyl halides is 6. The van der Waals surface area contributed by atoms with Crippen LogP contribution in [0.5, 0.6) is 0 Å². The zero-order valence-corrected chi connectivity index (χ0v) is 19.6. The Bertz CT molecular complexity index is 1360. The Hall–Kier alpha value is -3.15. The van der Waals surface area contributed by atoms with E-state index in [0.29, 0.717) is 42.7 Å². The molecule has 37 heavy (non-hydrogen) atoms. The quantitative estimate of drug-likeness (QED) is 0.476. The van der Waals surface area contributed by atoms with Gasteiger partial charge >= 0.3 is 12.4 Å². The van der Waals surface area contributed by atoms with Crippen LogP contribution in [0.4, 0.5) is 32.0 Å². The first kappa shape index (κ1) is 26.9. The topological polar surface area (TPSA) is 119 Å². The molecule has 2 aliphatic rings. The van der Waals surface area contributed by atoms with Gasteiger partial charge in [0.25, 0.3) is 11.5 Å². The molecule has 2 aromatic carbocycles. The van der Waals surface area contributed by atoms with Gasteiger partial charge in [-0.2, -0.15) is 31.6 Å². The molecule has 14 heteroatoms. The molecule has 0 bridgehead atoms. The van der Waals surface area contributed by atoms with Crippen LogP contribution >= 0.6 is 0 Å². The predicted molar refractivity (Wildman–Crippen MR) is 117 cm³/mol. The molecule has 3 N–H and O–H groups in total. The lowest BCUT2D eigenvalue weighted by atomic mass is 9.92. The molecule has 1 aliphatic carbocycles. The van der Waals surface area contributed by atoms with Crippen LogP contribution in [0.3, 0.4) is 0 Å². The maximum Gasteiger partial charge on any atom is 0.430 e. The summed E-state index contributed by atoms with van der Waals surface area (Å²) in [5.74, 6) is -1.78. The summed E-state index contributed by atoms with van der Waals surface area (Å²) in [6, 6.07) is 10.1. The summed E-state index contributed by atoms with van der Waals surface area (Å²) < 4.78 is 106. The van der Waals surface area contributed by atoms with Gasteiger partial charge in [0.2, 0.25) is 4.87 Å². The van der Waals surface area contributed by atoms with Gasteiger partial charge in [-0.25, -0.2) is 8.42 Å². The summed E-state index contributed by atoms with van der Waals surface area (Å²) >= 11 is 0. The maximum atomic E-state index is 13.6. The number of carbonyl (C=O) groups excluding carboxylic acids is 1. The molecule has 1 atom stereocenters. The van der Waals surface area contributed by atoms with Crippen LogP contribution in [0.15, 0.2) is 48.5 Å². The van der Waals surface area contributed by atoms with Gasteiger partial charge in [0.05, 0.1) is 17.2 Å². The third-order valence-corrected chi connectivity index (χ3v) is 9.06. The van der Waals surface area contributed by atoms with Gasteiger partial charge in [-0.3, -0.25) is 10.1 Å². The highest BCUT2D eigenvalue weighted by atomic mass is 32.2. The largest absolute Gasteiger partial charge is 0.430 e. The molecule has 2 aromatic rings. The summed E-state index contributed by atoms with van der Waals surface area (Å²) in [4.78, 5) is 11.1. The van der Waals surface area contributed by atoms with Gasteiger partial charge in [0.15, 0.2) is 9.84 Å². The third kappa shape index (κ3) is 4.14. The van der Waals surface area contributed by atoms with E-state index in [0.717, 1.165) is 0 Å². The minimum absolute atomic E-state index is 0.0223. The lowest BCUT2D eigenvalue weighted by Gasteiger charge is -2.33. The highest BCUT2D eigenvalue weighted by molar-refractivity contribution is 7.93. The molecule has 1 amide bonds. The van der Waals surface area contributed by atoms with Crippen molar-refractivity contribution >= 4 is 21.4 Å². The second kappa shape index (κ2) is 8.44. The third-order valence-electron chi connectivity index (χ3n) is 6.65. The van der Waals surface area contributed by atoms with Crippen molar-refractivity contribution in [2.45, 2.75) is 42.2 Å². The first-order valence-electron chi connectivity index (χ1n) is 10.8. The van der Waals surface area contributed by atoms with E-state index in [9.17, 15) is 49.9 Å². The molecular formula is C23H19F6N3O4S. The molecule has 1 fully saturated rings. The SMILES string of the molecule is N#CC1(CS(=O)(=O)C2(C(=O)Nc3ccc(C(O)(C(F)(F)F)C(F)(F)F)cc3)NCc3ccccc32)CC1. The van der Waals surface area contributed by atoms with Crippen molar-refractivity contribution in [2.75, 3.05) is 11.1 Å². The Morgan fingerprint density at radius 1 is 1.03 bits per heavy atom. The van der Waals surface area contributed by atoms with E-state index >= 15 is 0 Å². The van der Waals surface area contributed by atoms with E-state index in [1.54, 1.807) is 12.1 Å². The molecule has 0 radical (unpaired) electrons. The van der Waals surface area contributed by atoms with E-state index in [1.165, 1.54) is 12.1 Å². The van der Waals surface area contributed by atoms with Crippen molar-refractivity contribution in [3.8, 4) is 6.07 Å². The van der Waals surface area contributed by atoms with Crippen LogP contribution < -0.4 is 10.6 Å². The average molecular weight is 547 g/mol. The molecule has 1 heterocycles. The molecule has 0 spiro atoms. The number of sulfone groups is 1. The zero-order chi connectivity index (χ0) is 27.5. The highest BCUT2D eigenvalue weighted by Gasteiger charge is 2.71. The number of aliphatic hydroxyl groups is 1. The maximum absolute atomic E-state index is 13.6. The van der Waals surface area contributed by atoms with Gasteiger partial charge in [0, 0.05) is 23.4 Å². The summed E-state index contributed by atoms with van der Waals surface area (Å²) in [7, 11) is -4.41. The lowest BCUT2D eigenvalue weighted by molar-refractivity contribution is -0.376. The molecule has 1 saturated carbocycles. The number of nitrogens with zero attached hydrogens (tertiary/aromatic N) is 1. The second-order valence-electron chi connectivity index (χ2n) is 9.08. The number of hydrogen-bond acceptors (Lipinski definition) is 6. The number of halogens is 6. The van der Waals surface area contributed by atoms with E-state index in [2.05, 4.69) is 10.6 Å².